The summed E-state index contributed by atoms with van der Waals surface area (Å²) in [5, 5.41) is 10.2. The van der Waals surface area contributed by atoms with Crippen LogP contribution in [-0.4, -0.2) is 18.3 Å². The van der Waals surface area contributed by atoms with Gasteiger partial charge in [0.2, 0.25) is 0 Å². The molecule has 116 valence electrons. The minimum absolute atomic E-state index is 0.0745. The molecule has 0 radical (unpaired) electrons. The molecule has 0 saturated heterocycles. The number of rotatable bonds is 2. The van der Waals surface area contributed by atoms with E-state index < -0.39 is 0 Å². The highest BCUT2D eigenvalue weighted by Crippen LogP contribution is 2.55. The van der Waals surface area contributed by atoms with Gasteiger partial charge in [-0.1, -0.05) is 19.9 Å². The van der Waals surface area contributed by atoms with E-state index in [1.807, 2.05) is 6.92 Å². The lowest BCUT2D eigenvalue weighted by molar-refractivity contribution is -0.0520. The van der Waals surface area contributed by atoms with E-state index in [1.54, 1.807) is 7.11 Å². The largest absolute Gasteiger partial charge is 0.497 e. The molecule has 2 aliphatic carbocycles. The van der Waals surface area contributed by atoms with Crippen molar-refractivity contribution in [3.63, 3.8) is 0 Å². The molecule has 21 heavy (non-hydrogen) atoms. The summed E-state index contributed by atoms with van der Waals surface area (Å²) in [6, 6.07) is 6.61. The number of benzene rings is 1. The number of ether oxygens (including phenoxy) is 1. The fourth-order valence-corrected chi connectivity index (χ4v) is 4.78. The SMILES string of the molecule is COc1ccc2c(c1)CCC1C2CCC(C)([C@H](C)O)C1C. The van der Waals surface area contributed by atoms with E-state index in [4.69, 9.17) is 4.74 Å². The number of aliphatic hydroxyl groups is 1. The molecule has 1 saturated carbocycles. The lowest BCUT2D eigenvalue weighted by Gasteiger charge is -2.52. The van der Waals surface area contributed by atoms with Gasteiger partial charge in [-0.2, -0.15) is 0 Å². The van der Waals surface area contributed by atoms with Crippen molar-refractivity contribution in [3.05, 3.63) is 29.3 Å². The molecule has 1 N–H and O–H groups in total. The average molecular weight is 288 g/mol. The minimum Gasteiger partial charge on any atom is -0.497 e. The van der Waals surface area contributed by atoms with Crippen molar-refractivity contribution in [2.45, 2.75) is 58.5 Å². The zero-order chi connectivity index (χ0) is 15.2. The van der Waals surface area contributed by atoms with Crippen LogP contribution in [0.2, 0.25) is 0 Å². The van der Waals surface area contributed by atoms with Gasteiger partial charge in [0.1, 0.15) is 5.75 Å². The maximum atomic E-state index is 10.2. The fraction of sp³-hybridized carbons (Fsp3) is 0.684. The van der Waals surface area contributed by atoms with Gasteiger partial charge in [0.25, 0.3) is 0 Å². The van der Waals surface area contributed by atoms with Crippen LogP contribution < -0.4 is 4.74 Å². The van der Waals surface area contributed by atoms with E-state index in [1.165, 1.54) is 24.0 Å². The first kappa shape index (κ1) is 14.9. The molecule has 0 aromatic heterocycles. The van der Waals surface area contributed by atoms with Gasteiger partial charge in [-0.15, -0.1) is 0 Å². The molecule has 5 atom stereocenters. The molecule has 2 nitrogen and oxygen atoms in total. The smallest absolute Gasteiger partial charge is 0.119 e. The predicted octanol–water partition coefficient (Wildman–Crippen LogP) is 4.16. The molecule has 0 heterocycles. The summed E-state index contributed by atoms with van der Waals surface area (Å²) in [6.45, 7) is 6.61. The second-order valence-corrected chi connectivity index (χ2v) is 7.38. The second kappa shape index (κ2) is 5.31. The summed E-state index contributed by atoms with van der Waals surface area (Å²) < 4.78 is 5.37. The Morgan fingerprint density at radius 1 is 1.33 bits per heavy atom. The van der Waals surface area contributed by atoms with Crippen LogP contribution in [0.15, 0.2) is 18.2 Å². The van der Waals surface area contributed by atoms with Gasteiger partial charge in [-0.05, 0) is 79.0 Å². The highest BCUT2D eigenvalue weighted by atomic mass is 16.5. The Morgan fingerprint density at radius 3 is 2.76 bits per heavy atom. The molecule has 1 fully saturated rings. The number of hydrogen-bond acceptors (Lipinski definition) is 2. The van der Waals surface area contributed by atoms with Crippen LogP contribution in [0.4, 0.5) is 0 Å². The number of methoxy groups -OCH3 is 1. The summed E-state index contributed by atoms with van der Waals surface area (Å²) in [7, 11) is 1.74. The van der Waals surface area contributed by atoms with E-state index in [9.17, 15) is 5.11 Å². The molecule has 0 aliphatic heterocycles. The molecular weight excluding hydrogens is 260 g/mol. The number of aliphatic hydroxyl groups excluding tert-OH is 1. The average Bonchev–Trinajstić information content (AvgIpc) is 2.49. The Morgan fingerprint density at radius 2 is 2.10 bits per heavy atom. The zero-order valence-electron chi connectivity index (χ0n) is 13.7. The maximum Gasteiger partial charge on any atom is 0.119 e. The zero-order valence-corrected chi connectivity index (χ0v) is 13.7. The standard InChI is InChI=1S/C19H28O2/c1-12-16-7-5-14-11-15(21-4)6-8-17(14)18(16)9-10-19(12,3)13(2)20/h6,8,11-13,16,18,20H,5,7,9-10H2,1-4H3/t12?,13-,16?,18?,19?/m0/s1. The van der Waals surface area contributed by atoms with Crippen LogP contribution >= 0.6 is 0 Å². The third-order valence-corrected chi connectivity index (χ3v) is 6.64. The quantitative estimate of drug-likeness (QED) is 0.885. The van der Waals surface area contributed by atoms with Crippen LogP contribution in [0.3, 0.4) is 0 Å². The van der Waals surface area contributed by atoms with Crippen molar-refractivity contribution >= 4 is 0 Å². The summed E-state index contributed by atoms with van der Waals surface area (Å²) >= 11 is 0. The topological polar surface area (TPSA) is 29.5 Å². The van der Waals surface area contributed by atoms with Crippen molar-refractivity contribution in [1.82, 2.24) is 0 Å². The molecule has 2 heteroatoms. The normalized spacial score (nSPS) is 36.5. The first-order valence-corrected chi connectivity index (χ1v) is 8.32. The van der Waals surface area contributed by atoms with E-state index in [0.29, 0.717) is 17.8 Å². The molecule has 0 spiro atoms. The molecule has 4 unspecified atom stereocenters. The summed E-state index contributed by atoms with van der Waals surface area (Å²) in [5.74, 6) is 2.93. The Bertz CT molecular complexity index is 522. The van der Waals surface area contributed by atoms with Crippen LogP contribution in [0, 0.1) is 17.3 Å². The Kier molecular flexibility index (Phi) is 3.77. The Hall–Kier alpha value is -1.02. The van der Waals surface area contributed by atoms with Crippen molar-refractivity contribution in [2.24, 2.45) is 17.3 Å². The number of aryl methyl sites for hydroxylation is 1. The van der Waals surface area contributed by atoms with Crippen LogP contribution in [0.1, 0.15) is 57.1 Å². The van der Waals surface area contributed by atoms with Crippen LogP contribution in [0.25, 0.3) is 0 Å². The first-order valence-electron chi connectivity index (χ1n) is 8.32. The van der Waals surface area contributed by atoms with Crippen LogP contribution in [0.5, 0.6) is 5.75 Å². The highest BCUT2D eigenvalue weighted by Gasteiger charge is 2.48. The van der Waals surface area contributed by atoms with Crippen molar-refractivity contribution in [1.29, 1.82) is 0 Å². The summed E-state index contributed by atoms with van der Waals surface area (Å²) in [5.41, 5.74) is 3.08. The van der Waals surface area contributed by atoms with Gasteiger partial charge >= 0.3 is 0 Å². The lowest BCUT2D eigenvalue weighted by atomic mass is 9.54. The highest BCUT2D eigenvalue weighted by molar-refractivity contribution is 5.40. The first-order chi connectivity index (χ1) is 9.97. The number of fused-ring (bicyclic) bond motifs is 3. The Labute approximate surface area is 128 Å². The van der Waals surface area contributed by atoms with E-state index in [2.05, 4.69) is 32.0 Å². The summed E-state index contributed by atoms with van der Waals surface area (Å²) in [4.78, 5) is 0. The maximum absolute atomic E-state index is 10.2. The van der Waals surface area contributed by atoms with Gasteiger partial charge in [-0.3, -0.25) is 0 Å². The third-order valence-electron chi connectivity index (χ3n) is 6.64. The molecule has 1 aromatic rings. The minimum atomic E-state index is -0.217. The Balaban J connectivity index is 1.92. The van der Waals surface area contributed by atoms with Gasteiger partial charge in [0.15, 0.2) is 0 Å². The van der Waals surface area contributed by atoms with E-state index in [0.717, 1.165) is 18.6 Å². The monoisotopic (exact) mass is 288 g/mol. The van der Waals surface area contributed by atoms with Crippen molar-refractivity contribution in [2.75, 3.05) is 7.11 Å². The fourth-order valence-electron chi connectivity index (χ4n) is 4.78. The van der Waals surface area contributed by atoms with Crippen molar-refractivity contribution in [3.8, 4) is 5.75 Å². The molecule has 1 aromatic carbocycles. The molecule has 3 rings (SSSR count). The third kappa shape index (κ3) is 2.28. The second-order valence-electron chi connectivity index (χ2n) is 7.38. The molecule has 0 bridgehead atoms. The van der Waals surface area contributed by atoms with Gasteiger partial charge in [-0.25, -0.2) is 0 Å². The van der Waals surface area contributed by atoms with Crippen LogP contribution in [-0.2, 0) is 6.42 Å². The van der Waals surface area contributed by atoms with Crippen molar-refractivity contribution < 1.29 is 9.84 Å². The summed E-state index contributed by atoms with van der Waals surface area (Å²) in [6.07, 6.45) is 4.50. The molecule has 0 amide bonds. The van der Waals surface area contributed by atoms with Gasteiger partial charge in [0, 0.05) is 0 Å². The molecule has 2 aliphatic rings. The van der Waals surface area contributed by atoms with Gasteiger partial charge < -0.3 is 9.84 Å². The number of hydrogen-bond donors (Lipinski definition) is 1. The van der Waals surface area contributed by atoms with E-state index in [-0.39, 0.29) is 11.5 Å². The van der Waals surface area contributed by atoms with E-state index >= 15 is 0 Å². The van der Waals surface area contributed by atoms with Gasteiger partial charge in [0.05, 0.1) is 13.2 Å². The lowest BCUT2D eigenvalue weighted by Crippen LogP contribution is -2.46. The predicted molar refractivity (Wildman–Crippen MR) is 85.7 cm³/mol. The molecular formula is C19H28O2.